The molecule has 0 spiro atoms. The SMILES string of the molecule is Brc1cccc(-c2cccc(-c3ccccc3)c2)c1.CC1(C)OB(c2cccc(-c3cccc(-c4ccccc4)c3)c2)OC1(C)C. The molecule has 0 aliphatic carbocycles. The molecule has 6 aromatic carbocycles. The van der Waals surface area contributed by atoms with E-state index >= 15 is 0 Å². The maximum absolute atomic E-state index is 6.21. The van der Waals surface area contributed by atoms with Gasteiger partial charge in [-0.2, -0.15) is 0 Å². The molecule has 0 atom stereocenters. The predicted molar refractivity (Wildman–Crippen MR) is 198 cm³/mol. The van der Waals surface area contributed by atoms with Crippen molar-refractivity contribution in [3.8, 4) is 44.5 Å². The van der Waals surface area contributed by atoms with Crippen molar-refractivity contribution in [3.63, 3.8) is 0 Å². The Bertz CT molecular complexity index is 1900. The Hall–Kier alpha value is -4.22. The molecule has 6 aromatic rings. The van der Waals surface area contributed by atoms with Crippen LogP contribution in [0.3, 0.4) is 0 Å². The lowest BCUT2D eigenvalue weighted by Crippen LogP contribution is -2.41. The minimum absolute atomic E-state index is 0.332. The Morgan fingerprint density at radius 2 is 0.739 bits per heavy atom. The quantitative estimate of drug-likeness (QED) is 0.171. The van der Waals surface area contributed by atoms with Crippen molar-refractivity contribution in [2.45, 2.75) is 38.9 Å². The fraction of sp³-hybridized carbons (Fsp3) is 0.143. The maximum atomic E-state index is 6.21. The Kier molecular flexibility index (Phi) is 9.42. The number of halogens is 1. The molecule has 1 fully saturated rings. The predicted octanol–water partition coefficient (Wildman–Crippen LogP) is 11.1. The number of rotatable bonds is 5. The van der Waals surface area contributed by atoms with Crippen LogP contribution in [0.15, 0.2) is 162 Å². The summed E-state index contributed by atoms with van der Waals surface area (Å²) in [5.74, 6) is 0. The monoisotopic (exact) mass is 664 g/mol. The molecule has 0 bridgehead atoms. The van der Waals surface area contributed by atoms with Crippen LogP contribution in [0.2, 0.25) is 0 Å². The highest BCUT2D eigenvalue weighted by atomic mass is 79.9. The van der Waals surface area contributed by atoms with E-state index < -0.39 is 0 Å². The number of hydrogen-bond donors (Lipinski definition) is 0. The molecule has 4 heteroatoms. The van der Waals surface area contributed by atoms with E-state index in [-0.39, 0.29) is 18.3 Å². The highest BCUT2D eigenvalue weighted by Crippen LogP contribution is 2.37. The Morgan fingerprint density at radius 1 is 0.391 bits per heavy atom. The summed E-state index contributed by atoms with van der Waals surface area (Å²) in [6, 6.07) is 55.1. The minimum atomic E-state index is -0.341. The van der Waals surface area contributed by atoms with Crippen LogP contribution in [0.5, 0.6) is 0 Å². The van der Waals surface area contributed by atoms with Crippen molar-refractivity contribution in [1.29, 1.82) is 0 Å². The highest BCUT2D eigenvalue weighted by molar-refractivity contribution is 9.10. The summed E-state index contributed by atoms with van der Waals surface area (Å²) in [5, 5.41) is 0. The minimum Gasteiger partial charge on any atom is -0.399 e. The lowest BCUT2D eigenvalue weighted by Gasteiger charge is -2.32. The first-order valence-electron chi connectivity index (χ1n) is 15.7. The second-order valence-electron chi connectivity index (χ2n) is 12.6. The summed E-state index contributed by atoms with van der Waals surface area (Å²) in [5.41, 5.74) is 10.1. The van der Waals surface area contributed by atoms with E-state index in [2.05, 4.69) is 183 Å². The van der Waals surface area contributed by atoms with E-state index in [1.807, 2.05) is 18.2 Å². The van der Waals surface area contributed by atoms with Crippen LogP contribution in [-0.4, -0.2) is 18.3 Å². The Balaban J connectivity index is 0.000000172. The fourth-order valence-corrected chi connectivity index (χ4v) is 5.93. The molecule has 0 radical (unpaired) electrons. The lowest BCUT2D eigenvalue weighted by atomic mass is 9.78. The maximum Gasteiger partial charge on any atom is 0.494 e. The zero-order valence-electron chi connectivity index (χ0n) is 26.8. The molecular formula is C42H38BBrO2. The molecule has 228 valence electrons. The van der Waals surface area contributed by atoms with Gasteiger partial charge < -0.3 is 9.31 Å². The first kappa shape index (κ1) is 31.8. The van der Waals surface area contributed by atoms with Gasteiger partial charge in [0, 0.05) is 4.47 Å². The van der Waals surface area contributed by atoms with Crippen molar-refractivity contribution < 1.29 is 9.31 Å². The highest BCUT2D eigenvalue weighted by Gasteiger charge is 2.51. The molecule has 0 aromatic heterocycles. The van der Waals surface area contributed by atoms with Gasteiger partial charge >= 0.3 is 7.12 Å². The summed E-state index contributed by atoms with van der Waals surface area (Å²) in [6.45, 7) is 8.33. The first-order chi connectivity index (χ1) is 22.2. The summed E-state index contributed by atoms with van der Waals surface area (Å²) in [6.07, 6.45) is 0. The molecule has 1 saturated heterocycles. The van der Waals surface area contributed by atoms with Crippen molar-refractivity contribution >= 4 is 28.5 Å². The van der Waals surface area contributed by atoms with Crippen LogP contribution in [0.4, 0.5) is 0 Å². The van der Waals surface area contributed by atoms with Crippen LogP contribution < -0.4 is 5.46 Å². The van der Waals surface area contributed by atoms with Gasteiger partial charge in [-0.15, -0.1) is 0 Å². The van der Waals surface area contributed by atoms with E-state index in [0.717, 1.165) is 9.94 Å². The van der Waals surface area contributed by atoms with Crippen LogP contribution in [-0.2, 0) is 9.31 Å². The van der Waals surface area contributed by atoms with Crippen LogP contribution in [0.1, 0.15) is 27.7 Å². The van der Waals surface area contributed by atoms with E-state index in [4.69, 9.17) is 9.31 Å². The zero-order chi connectivity index (χ0) is 32.1. The van der Waals surface area contributed by atoms with Gasteiger partial charge in [-0.1, -0.05) is 149 Å². The van der Waals surface area contributed by atoms with Crippen LogP contribution in [0.25, 0.3) is 44.5 Å². The van der Waals surface area contributed by atoms with Gasteiger partial charge in [0.1, 0.15) is 0 Å². The average molecular weight is 665 g/mol. The van der Waals surface area contributed by atoms with Crippen molar-refractivity contribution in [2.75, 3.05) is 0 Å². The Labute approximate surface area is 282 Å². The molecule has 7 rings (SSSR count). The molecule has 1 heterocycles. The van der Waals surface area contributed by atoms with Crippen LogP contribution in [0, 0.1) is 0 Å². The van der Waals surface area contributed by atoms with E-state index in [1.54, 1.807) is 0 Å². The molecule has 0 saturated carbocycles. The summed E-state index contributed by atoms with van der Waals surface area (Å²) in [7, 11) is -0.341. The topological polar surface area (TPSA) is 18.5 Å². The second kappa shape index (κ2) is 13.6. The summed E-state index contributed by atoms with van der Waals surface area (Å²) >= 11 is 3.52. The second-order valence-corrected chi connectivity index (χ2v) is 13.5. The van der Waals surface area contributed by atoms with Gasteiger partial charge in [-0.05, 0) is 102 Å². The standard InChI is InChI=1S/C24H25BO2.C18H13Br/c1-23(2)24(3,4)27-25(26-23)22-15-9-14-21(17-22)20-13-8-12-19(16-20)18-10-6-5-7-11-18;19-18-11-5-10-17(13-18)16-9-4-8-15(12-16)14-6-2-1-3-7-14/h5-17H,1-4H3;1-13H. The van der Waals surface area contributed by atoms with Gasteiger partial charge in [0.2, 0.25) is 0 Å². The average Bonchev–Trinajstić information content (AvgIpc) is 3.32. The zero-order valence-corrected chi connectivity index (χ0v) is 28.4. The molecule has 1 aliphatic rings. The van der Waals surface area contributed by atoms with Crippen LogP contribution >= 0.6 is 15.9 Å². The summed E-state index contributed by atoms with van der Waals surface area (Å²) in [4.78, 5) is 0. The summed E-state index contributed by atoms with van der Waals surface area (Å²) < 4.78 is 13.5. The Morgan fingerprint density at radius 3 is 1.20 bits per heavy atom. The largest absolute Gasteiger partial charge is 0.494 e. The van der Waals surface area contributed by atoms with Crippen molar-refractivity contribution in [3.05, 3.63) is 162 Å². The van der Waals surface area contributed by atoms with E-state index in [1.165, 1.54) is 44.5 Å². The number of benzene rings is 6. The van der Waals surface area contributed by atoms with Gasteiger partial charge in [0.15, 0.2) is 0 Å². The smallest absolute Gasteiger partial charge is 0.399 e. The molecule has 0 N–H and O–H groups in total. The van der Waals surface area contributed by atoms with E-state index in [0.29, 0.717) is 0 Å². The fourth-order valence-electron chi connectivity index (χ4n) is 5.53. The van der Waals surface area contributed by atoms with Gasteiger partial charge in [0.25, 0.3) is 0 Å². The van der Waals surface area contributed by atoms with Crippen molar-refractivity contribution in [1.82, 2.24) is 0 Å². The molecule has 0 amide bonds. The number of hydrogen-bond acceptors (Lipinski definition) is 2. The third-order valence-electron chi connectivity index (χ3n) is 8.84. The van der Waals surface area contributed by atoms with Crippen molar-refractivity contribution in [2.24, 2.45) is 0 Å². The van der Waals surface area contributed by atoms with Gasteiger partial charge in [-0.25, -0.2) is 0 Å². The normalized spacial score (nSPS) is 14.8. The molecular weight excluding hydrogens is 627 g/mol. The molecule has 2 nitrogen and oxygen atoms in total. The molecule has 1 aliphatic heterocycles. The lowest BCUT2D eigenvalue weighted by molar-refractivity contribution is 0.00578. The molecule has 46 heavy (non-hydrogen) atoms. The van der Waals surface area contributed by atoms with Gasteiger partial charge in [0.05, 0.1) is 11.2 Å². The van der Waals surface area contributed by atoms with E-state index in [9.17, 15) is 0 Å². The third kappa shape index (κ3) is 7.26. The third-order valence-corrected chi connectivity index (χ3v) is 9.34. The first-order valence-corrected chi connectivity index (χ1v) is 16.5. The molecule has 0 unspecified atom stereocenters. The van der Waals surface area contributed by atoms with Gasteiger partial charge in [-0.3, -0.25) is 0 Å².